The Bertz CT molecular complexity index is 761. The maximum absolute atomic E-state index is 6.39. The van der Waals surface area contributed by atoms with Crippen LogP contribution in [0, 0.1) is 6.92 Å². The summed E-state index contributed by atoms with van der Waals surface area (Å²) in [5, 5.41) is 1.08. The molecule has 3 nitrogen and oxygen atoms in total. The smallest absolute Gasteiger partial charge is 0.137 e. The lowest BCUT2D eigenvalue weighted by Gasteiger charge is -2.14. The van der Waals surface area contributed by atoms with Crippen LogP contribution in [0.2, 0.25) is 0 Å². The standard InChI is InChI=1S/C18H19NO2/c1-3-20-15-10-5-4-9-14(15)17(19)16-11-13-8-6-7-12(2)18(13)21-16/h4-11,17H,3,19H2,1-2H3. The third-order valence-electron chi connectivity index (χ3n) is 3.62. The van der Waals surface area contributed by atoms with E-state index in [0.29, 0.717) is 6.61 Å². The van der Waals surface area contributed by atoms with Crippen molar-refractivity contribution in [2.24, 2.45) is 5.73 Å². The summed E-state index contributed by atoms with van der Waals surface area (Å²) >= 11 is 0. The molecule has 0 bridgehead atoms. The van der Waals surface area contributed by atoms with Gasteiger partial charge in [-0.05, 0) is 31.5 Å². The average Bonchev–Trinajstić information content (AvgIpc) is 2.93. The molecule has 3 heteroatoms. The first-order valence-corrected chi connectivity index (χ1v) is 7.17. The normalized spacial score (nSPS) is 12.5. The highest BCUT2D eigenvalue weighted by atomic mass is 16.5. The third kappa shape index (κ3) is 2.52. The second-order valence-electron chi connectivity index (χ2n) is 5.09. The van der Waals surface area contributed by atoms with Gasteiger partial charge in [0.25, 0.3) is 0 Å². The van der Waals surface area contributed by atoms with Gasteiger partial charge in [-0.1, -0.05) is 36.4 Å². The molecule has 1 atom stereocenters. The van der Waals surface area contributed by atoms with Gasteiger partial charge in [0.15, 0.2) is 0 Å². The molecule has 0 saturated carbocycles. The van der Waals surface area contributed by atoms with Crippen LogP contribution < -0.4 is 10.5 Å². The quantitative estimate of drug-likeness (QED) is 0.780. The molecule has 0 radical (unpaired) electrons. The zero-order chi connectivity index (χ0) is 14.8. The van der Waals surface area contributed by atoms with Crippen molar-refractivity contribution in [1.82, 2.24) is 0 Å². The van der Waals surface area contributed by atoms with Crippen molar-refractivity contribution in [1.29, 1.82) is 0 Å². The first-order valence-electron chi connectivity index (χ1n) is 7.17. The fourth-order valence-electron chi connectivity index (χ4n) is 2.56. The Labute approximate surface area is 124 Å². The summed E-state index contributed by atoms with van der Waals surface area (Å²) in [5.74, 6) is 1.57. The Kier molecular flexibility index (Phi) is 3.67. The number of nitrogens with two attached hydrogens (primary N) is 1. The molecule has 108 valence electrons. The number of rotatable bonds is 4. The minimum atomic E-state index is -0.334. The SMILES string of the molecule is CCOc1ccccc1C(N)c1cc2cccc(C)c2o1. The van der Waals surface area contributed by atoms with Gasteiger partial charge in [0, 0.05) is 10.9 Å². The molecule has 21 heavy (non-hydrogen) atoms. The molecule has 2 aromatic carbocycles. The van der Waals surface area contributed by atoms with Crippen molar-refractivity contribution in [2.75, 3.05) is 6.61 Å². The number of benzene rings is 2. The predicted molar refractivity (Wildman–Crippen MR) is 84.6 cm³/mol. The topological polar surface area (TPSA) is 48.4 Å². The molecule has 3 rings (SSSR count). The molecule has 1 aromatic heterocycles. The lowest BCUT2D eigenvalue weighted by atomic mass is 10.0. The zero-order valence-electron chi connectivity index (χ0n) is 12.3. The van der Waals surface area contributed by atoms with Crippen LogP contribution >= 0.6 is 0 Å². The lowest BCUT2D eigenvalue weighted by Crippen LogP contribution is -2.12. The molecule has 0 aliphatic heterocycles. The Morgan fingerprint density at radius 1 is 1.14 bits per heavy atom. The summed E-state index contributed by atoms with van der Waals surface area (Å²) in [6.07, 6.45) is 0. The highest BCUT2D eigenvalue weighted by Crippen LogP contribution is 2.32. The molecular formula is C18H19NO2. The molecule has 0 spiro atoms. The second kappa shape index (κ2) is 5.62. The number of furan rings is 1. The van der Waals surface area contributed by atoms with Gasteiger partial charge in [-0.3, -0.25) is 0 Å². The van der Waals surface area contributed by atoms with Crippen LogP contribution in [0.25, 0.3) is 11.0 Å². The van der Waals surface area contributed by atoms with E-state index >= 15 is 0 Å². The Morgan fingerprint density at radius 3 is 2.71 bits per heavy atom. The molecule has 0 aliphatic rings. The third-order valence-corrected chi connectivity index (χ3v) is 3.62. The predicted octanol–water partition coefficient (Wildman–Crippen LogP) is 4.19. The first-order chi connectivity index (χ1) is 10.2. The van der Waals surface area contributed by atoms with Gasteiger partial charge in [0.05, 0.1) is 12.6 Å². The van der Waals surface area contributed by atoms with Crippen molar-refractivity contribution >= 4 is 11.0 Å². The largest absolute Gasteiger partial charge is 0.494 e. The Hall–Kier alpha value is -2.26. The second-order valence-corrected chi connectivity index (χ2v) is 5.09. The van der Waals surface area contributed by atoms with Crippen LogP contribution in [0.5, 0.6) is 5.75 Å². The molecule has 1 heterocycles. The van der Waals surface area contributed by atoms with Crippen molar-refractivity contribution in [2.45, 2.75) is 19.9 Å². The van der Waals surface area contributed by atoms with E-state index in [-0.39, 0.29) is 6.04 Å². The van der Waals surface area contributed by atoms with E-state index in [2.05, 4.69) is 0 Å². The van der Waals surface area contributed by atoms with Gasteiger partial charge in [-0.15, -0.1) is 0 Å². The van der Waals surface area contributed by atoms with Crippen LogP contribution in [-0.4, -0.2) is 6.61 Å². The lowest BCUT2D eigenvalue weighted by molar-refractivity contribution is 0.334. The van der Waals surface area contributed by atoms with E-state index in [0.717, 1.165) is 33.6 Å². The number of para-hydroxylation sites is 2. The summed E-state index contributed by atoms with van der Waals surface area (Å²) < 4.78 is 11.6. The van der Waals surface area contributed by atoms with E-state index in [1.807, 2.05) is 62.4 Å². The highest BCUT2D eigenvalue weighted by Gasteiger charge is 2.18. The van der Waals surface area contributed by atoms with E-state index in [1.165, 1.54) is 0 Å². The summed E-state index contributed by atoms with van der Waals surface area (Å²) in [7, 11) is 0. The van der Waals surface area contributed by atoms with Crippen molar-refractivity contribution < 1.29 is 9.15 Å². The summed E-state index contributed by atoms with van der Waals surface area (Å²) in [5.41, 5.74) is 9.34. The van der Waals surface area contributed by atoms with Gasteiger partial charge in [-0.2, -0.15) is 0 Å². The van der Waals surface area contributed by atoms with Crippen molar-refractivity contribution in [3.8, 4) is 5.75 Å². The van der Waals surface area contributed by atoms with Gasteiger partial charge in [-0.25, -0.2) is 0 Å². The van der Waals surface area contributed by atoms with E-state index in [1.54, 1.807) is 0 Å². The monoisotopic (exact) mass is 281 g/mol. The van der Waals surface area contributed by atoms with Gasteiger partial charge < -0.3 is 14.9 Å². The molecule has 0 fully saturated rings. The van der Waals surface area contributed by atoms with Crippen LogP contribution in [0.15, 0.2) is 52.9 Å². The van der Waals surface area contributed by atoms with Crippen LogP contribution in [0.1, 0.15) is 29.9 Å². The highest BCUT2D eigenvalue weighted by molar-refractivity contribution is 5.81. The number of ether oxygens (including phenoxy) is 1. The number of hydrogen-bond acceptors (Lipinski definition) is 3. The zero-order valence-corrected chi connectivity index (χ0v) is 12.3. The Morgan fingerprint density at radius 2 is 1.95 bits per heavy atom. The molecule has 3 aromatic rings. The summed E-state index contributed by atoms with van der Waals surface area (Å²) in [6.45, 7) is 4.62. The van der Waals surface area contributed by atoms with E-state index in [9.17, 15) is 0 Å². The van der Waals surface area contributed by atoms with Crippen LogP contribution in [-0.2, 0) is 0 Å². The average molecular weight is 281 g/mol. The fraction of sp³-hybridized carbons (Fsp3) is 0.222. The van der Waals surface area contributed by atoms with Crippen molar-refractivity contribution in [3.63, 3.8) is 0 Å². The van der Waals surface area contributed by atoms with Gasteiger partial charge in [0.2, 0.25) is 0 Å². The molecule has 0 aliphatic carbocycles. The summed E-state index contributed by atoms with van der Waals surface area (Å²) in [4.78, 5) is 0. The van der Waals surface area contributed by atoms with Gasteiger partial charge in [0.1, 0.15) is 17.1 Å². The van der Waals surface area contributed by atoms with Crippen LogP contribution in [0.4, 0.5) is 0 Å². The van der Waals surface area contributed by atoms with Gasteiger partial charge >= 0.3 is 0 Å². The van der Waals surface area contributed by atoms with Crippen LogP contribution in [0.3, 0.4) is 0 Å². The molecule has 1 unspecified atom stereocenters. The minimum Gasteiger partial charge on any atom is -0.494 e. The van der Waals surface area contributed by atoms with E-state index < -0.39 is 0 Å². The summed E-state index contributed by atoms with van der Waals surface area (Å²) in [6, 6.07) is 15.6. The number of fused-ring (bicyclic) bond motifs is 1. The minimum absolute atomic E-state index is 0.334. The van der Waals surface area contributed by atoms with E-state index in [4.69, 9.17) is 14.9 Å². The fourth-order valence-corrected chi connectivity index (χ4v) is 2.56. The molecule has 0 saturated heterocycles. The maximum Gasteiger partial charge on any atom is 0.137 e. The number of aryl methyl sites for hydroxylation is 1. The molecule has 0 amide bonds. The first kappa shape index (κ1) is 13.7. The maximum atomic E-state index is 6.39. The Balaban J connectivity index is 2.04. The van der Waals surface area contributed by atoms with Crippen molar-refractivity contribution in [3.05, 3.63) is 65.4 Å². The molecule has 2 N–H and O–H groups in total. The molecular weight excluding hydrogens is 262 g/mol. The number of hydrogen-bond donors (Lipinski definition) is 1.